The second-order valence-corrected chi connectivity index (χ2v) is 8.80. The summed E-state index contributed by atoms with van der Waals surface area (Å²) >= 11 is 0. The molecule has 3 rings (SSSR count). The molecule has 27 heavy (non-hydrogen) atoms. The molecule has 0 radical (unpaired) electrons. The highest BCUT2D eigenvalue weighted by atomic mass is 16.4. The van der Waals surface area contributed by atoms with E-state index in [2.05, 4.69) is 50.4 Å². The zero-order valence-corrected chi connectivity index (χ0v) is 17.1. The van der Waals surface area contributed by atoms with E-state index in [1.165, 1.54) is 41.5 Å². The standard InChI is InChI=1S/C24H35NO2/c1-16-11-17(2)22(18(3)12-16)14-25-15-23-20-10-9-19(13-20)21(23)7-5-4-6-8-24(26)27/h5,7,11-12,19-21,23,25H,4,6,8-10,13-15H2,1-3H3,(H,26,27)/b7-5-/t19-,20+,21+,23+/m1/s1. The van der Waals surface area contributed by atoms with Crippen molar-refractivity contribution in [2.45, 2.75) is 65.8 Å². The summed E-state index contributed by atoms with van der Waals surface area (Å²) in [6.45, 7) is 8.66. The summed E-state index contributed by atoms with van der Waals surface area (Å²) in [5.41, 5.74) is 5.57. The lowest BCUT2D eigenvalue weighted by molar-refractivity contribution is -0.137. The molecule has 3 heteroatoms. The van der Waals surface area contributed by atoms with E-state index in [0.29, 0.717) is 5.92 Å². The Morgan fingerprint density at radius 1 is 1.19 bits per heavy atom. The molecule has 3 nitrogen and oxygen atoms in total. The summed E-state index contributed by atoms with van der Waals surface area (Å²) in [5.74, 6) is 2.45. The van der Waals surface area contributed by atoms with E-state index < -0.39 is 5.97 Å². The van der Waals surface area contributed by atoms with Gasteiger partial charge in [-0.25, -0.2) is 0 Å². The summed E-state index contributed by atoms with van der Waals surface area (Å²) in [5, 5.41) is 12.5. The van der Waals surface area contributed by atoms with Gasteiger partial charge in [0.15, 0.2) is 0 Å². The highest BCUT2D eigenvalue weighted by Crippen LogP contribution is 2.52. The summed E-state index contributed by atoms with van der Waals surface area (Å²) in [6, 6.07) is 4.56. The third-order valence-electron chi connectivity index (χ3n) is 6.80. The third kappa shape index (κ3) is 5.01. The quantitative estimate of drug-likeness (QED) is 0.466. The van der Waals surface area contributed by atoms with Crippen molar-refractivity contribution in [1.29, 1.82) is 0 Å². The summed E-state index contributed by atoms with van der Waals surface area (Å²) < 4.78 is 0. The van der Waals surface area contributed by atoms with Crippen LogP contribution in [0.1, 0.15) is 60.8 Å². The van der Waals surface area contributed by atoms with Gasteiger partial charge in [-0.3, -0.25) is 4.79 Å². The topological polar surface area (TPSA) is 49.3 Å². The van der Waals surface area contributed by atoms with E-state index in [1.54, 1.807) is 0 Å². The molecule has 148 valence electrons. The Kier molecular flexibility index (Phi) is 6.75. The minimum absolute atomic E-state index is 0.279. The van der Waals surface area contributed by atoms with Crippen LogP contribution in [-0.4, -0.2) is 17.6 Å². The van der Waals surface area contributed by atoms with Crippen molar-refractivity contribution in [2.24, 2.45) is 23.7 Å². The molecule has 0 saturated heterocycles. The maximum absolute atomic E-state index is 10.6. The lowest BCUT2D eigenvalue weighted by Crippen LogP contribution is -2.31. The minimum Gasteiger partial charge on any atom is -0.481 e. The van der Waals surface area contributed by atoms with Crippen molar-refractivity contribution in [2.75, 3.05) is 6.54 Å². The van der Waals surface area contributed by atoms with Gasteiger partial charge in [0.2, 0.25) is 0 Å². The van der Waals surface area contributed by atoms with E-state index in [9.17, 15) is 4.79 Å². The summed E-state index contributed by atoms with van der Waals surface area (Å²) in [7, 11) is 0. The van der Waals surface area contributed by atoms with E-state index >= 15 is 0 Å². The van der Waals surface area contributed by atoms with Gasteiger partial charge < -0.3 is 10.4 Å². The summed E-state index contributed by atoms with van der Waals surface area (Å²) in [4.78, 5) is 10.6. The first-order valence-corrected chi connectivity index (χ1v) is 10.6. The van der Waals surface area contributed by atoms with Gasteiger partial charge in [-0.05, 0) is 99.8 Å². The minimum atomic E-state index is -0.688. The Morgan fingerprint density at radius 2 is 1.89 bits per heavy atom. The average molecular weight is 370 g/mol. The third-order valence-corrected chi connectivity index (χ3v) is 6.80. The van der Waals surface area contributed by atoms with E-state index in [-0.39, 0.29) is 6.42 Å². The van der Waals surface area contributed by atoms with Gasteiger partial charge in [-0.1, -0.05) is 29.8 Å². The average Bonchev–Trinajstić information content (AvgIpc) is 3.18. The zero-order chi connectivity index (χ0) is 19.4. The Labute approximate surface area is 164 Å². The van der Waals surface area contributed by atoms with Crippen LogP contribution in [0.15, 0.2) is 24.3 Å². The molecule has 4 atom stereocenters. The molecule has 0 aliphatic heterocycles. The van der Waals surface area contributed by atoms with Gasteiger partial charge in [0.1, 0.15) is 0 Å². The molecule has 0 heterocycles. The zero-order valence-electron chi connectivity index (χ0n) is 17.1. The highest BCUT2D eigenvalue weighted by molar-refractivity contribution is 5.66. The van der Waals surface area contributed by atoms with E-state index in [1.807, 2.05) is 0 Å². The number of carboxylic acids is 1. The van der Waals surface area contributed by atoms with Crippen LogP contribution in [0.5, 0.6) is 0 Å². The van der Waals surface area contributed by atoms with Crippen molar-refractivity contribution in [1.82, 2.24) is 5.32 Å². The van der Waals surface area contributed by atoms with Crippen LogP contribution in [0.3, 0.4) is 0 Å². The lowest BCUT2D eigenvalue weighted by atomic mass is 9.79. The molecule has 2 bridgehead atoms. The number of unbranched alkanes of at least 4 members (excludes halogenated alkanes) is 1. The van der Waals surface area contributed by atoms with E-state index in [0.717, 1.165) is 43.7 Å². The normalized spacial score (nSPS) is 26.9. The maximum atomic E-state index is 10.6. The fourth-order valence-electron chi connectivity index (χ4n) is 5.53. The predicted octanol–water partition coefficient (Wildman–Crippen LogP) is 5.17. The predicted molar refractivity (Wildman–Crippen MR) is 111 cm³/mol. The van der Waals surface area contributed by atoms with Crippen LogP contribution in [0.2, 0.25) is 0 Å². The van der Waals surface area contributed by atoms with Gasteiger partial charge >= 0.3 is 5.97 Å². The van der Waals surface area contributed by atoms with Crippen molar-refractivity contribution >= 4 is 5.97 Å². The van der Waals surface area contributed by atoms with Crippen molar-refractivity contribution < 1.29 is 9.90 Å². The first-order valence-electron chi connectivity index (χ1n) is 10.6. The molecule has 2 saturated carbocycles. The van der Waals surface area contributed by atoms with Crippen LogP contribution in [0.25, 0.3) is 0 Å². The number of benzene rings is 1. The number of hydrogen-bond acceptors (Lipinski definition) is 2. The number of nitrogens with one attached hydrogen (secondary N) is 1. The SMILES string of the molecule is Cc1cc(C)c(CNC[C@H]2[C@H]3CC[C@H](C3)[C@@H]2/C=C\CCCC(=O)O)c(C)c1. The van der Waals surface area contributed by atoms with Crippen LogP contribution < -0.4 is 5.32 Å². The molecule has 0 aromatic heterocycles. The molecule has 0 amide bonds. The fourth-order valence-corrected chi connectivity index (χ4v) is 5.53. The Hall–Kier alpha value is -1.61. The second-order valence-electron chi connectivity index (χ2n) is 8.80. The number of fused-ring (bicyclic) bond motifs is 2. The van der Waals surface area contributed by atoms with Crippen LogP contribution >= 0.6 is 0 Å². The van der Waals surface area contributed by atoms with Gasteiger partial charge in [0.05, 0.1) is 0 Å². The highest BCUT2D eigenvalue weighted by Gasteiger charge is 2.45. The fraction of sp³-hybridized carbons (Fsp3) is 0.625. The number of carbonyl (C=O) groups is 1. The van der Waals surface area contributed by atoms with Crippen LogP contribution in [0, 0.1) is 44.4 Å². The van der Waals surface area contributed by atoms with Crippen molar-refractivity contribution in [3.05, 3.63) is 46.5 Å². The van der Waals surface area contributed by atoms with Crippen LogP contribution in [0.4, 0.5) is 0 Å². The number of allylic oxidation sites excluding steroid dienone is 2. The smallest absolute Gasteiger partial charge is 0.303 e. The first kappa shape index (κ1) is 20.1. The first-order chi connectivity index (χ1) is 13.0. The monoisotopic (exact) mass is 369 g/mol. The number of rotatable bonds is 9. The molecule has 1 aromatic carbocycles. The Morgan fingerprint density at radius 3 is 2.59 bits per heavy atom. The largest absolute Gasteiger partial charge is 0.481 e. The van der Waals surface area contributed by atoms with Gasteiger partial charge in [0, 0.05) is 13.0 Å². The number of hydrogen-bond donors (Lipinski definition) is 2. The van der Waals surface area contributed by atoms with E-state index in [4.69, 9.17) is 5.11 Å². The molecule has 0 spiro atoms. The maximum Gasteiger partial charge on any atom is 0.303 e. The number of carboxylic acid groups (broad SMARTS) is 1. The molecular formula is C24H35NO2. The Balaban J connectivity index is 1.53. The molecule has 2 N–H and O–H groups in total. The van der Waals surface area contributed by atoms with Gasteiger partial charge in [-0.2, -0.15) is 0 Å². The second kappa shape index (κ2) is 9.05. The van der Waals surface area contributed by atoms with Crippen molar-refractivity contribution in [3.8, 4) is 0 Å². The van der Waals surface area contributed by atoms with Gasteiger partial charge in [-0.15, -0.1) is 0 Å². The molecule has 2 aliphatic carbocycles. The molecule has 0 unspecified atom stereocenters. The van der Waals surface area contributed by atoms with Crippen molar-refractivity contribution in [3.63, 3.8) is 0 Å². The molecule has 1 aromatic rings. The molecule has 2 aliphatic rings. The molecule has 2 fully saturated rings. The molecular weight excluding hydrogens is 334 g/mol. The summed E-state index contributed by atoms with van der Waals surface area (Å²) in [6.07, 6.45) is 10.7. The lowest BCUT2D eigenvalue weighted by Gasteiger charge is -2.29. The van der Waals surface area contributed by atoms with Gasteiger partial charge in [0.25, 0.3) is 0 Å². The number of aryl methyl sites for hydroxylation is 3. The Bertz CT molecular complexity index is 671. The number of aliphatic carboxylic acids is 1. The van der Waals surface area contributed by atoms with Crippen LogP contribution in [-0.2, 0) is 11.3 Å².